The van der Waals surface area contributed by atoms with Gasteiger partial charge in [-0.05, 0) is 28.4 Å². The Morgan fingerprint density at radius 3 is 1.86 bits per heavy atom. The van der Waals surface area contributed by atoms with E-state index in [4.69, 9.17) is 11.6 Å². The van der Waals surface area contributed by atoms with Crippen LogP contribution in [0.3, 0.4) is 0 Å². The topological polar surface area (TPSA) is 0 Å². The van der Waals surface area contributed by atoms with Crippen LogP contribution >= 0.6 is 36.4 Å². The molecule has 2 aliphatic carbocycles. The second-order valence-corrected chi connectivity index (χ2v) is 12.6. The zero-order chi connectivity index (χ0) is 31.2. The van der Waals surface area contributed by atoms with E-state index in [0.717, 1.165) is 17.9 Å². The molecule has 0 N–H and O–H groups in total. The maximum atomic E-state index is 5.51. The Morgan fingerprint density at radius 2 is 1.45 bits per heavy atom. The monoisotopic (exact) mass is 720 g/mol. The average Bonchev–Trinajstić information content (AvgIpc) is 3.66. The summed E-state index contributed by atoms with van der Waals surface area (Å²) in [6, 6.07) is 36.0. The van der Waals surface area contributed by atoms with Crippen LogP contribution in [-0.4, -0.2) is 4.21 Å². The molecular formula is C40H45Cl3Zr-4. The summed E-state index contributed by atoms with van der Waals surface area (Å²) in [4.78, 5) is 0. The Balaban J connectivity index is 0.000000658. The molecule has 4 aromatic carbocycles. The van der Waals surface area contributed by atoms with Crippen LogP contribution in [0.4, 0.5) is 0 Å². The van der Waals surface area contributed by atoms with Crippen molar-refractivity contribution in [3.05, 3.63) is 154 Å². The molecule has 0 heterocycles. The van der Waals surface area contributed by atoms with Crippen molar-refractivity contribution in [3.8, 4) is 11.1 Å². The van der Waals surface area contributed by atoms with Gasteiger partial charge in [0, 0.05) is 0 Å². The van der Waals surface area contributed by atoms with Gasteiger partial charge in [-0.3, -0.25) is 6.08 Å². The van der Waals surface area contributed by atoms with Crippen molar-refractivity contribution in [1.29, 1.82) is 0 Å². The fourth-order valence-corrected chi connectivity index (χ4v) is 4.35. The number of halogens is 3. The van der Waals surface area contributed by atoms with Gasteiger partial charge in [0.2, 0.25) is 0 Å². The van der Waals surface area contributed by atoms with E-state index in [0.29, 0.717) is 0 Å². The Morgan fingerprint density at radius 1 is 0.795 bits per heavy atom. The summed E-state index contributed by atoms with van der Waals surface area (Å²) in [5, 5.41) is 0.738. The van der Waals surface area contributed by atoms with E-state index in [1.54, 1.807) is 6.07 Å². The molecule has 0 unspecified atom stereocenters. The third kappa shape index (κ3) is 14.4. The summed E-state index contributed by atoms with van der Waals surface area (Å²) in [7, 11) is 0. The quantitative estimate of drug-likeness (QED) is 0.140. The Hall–Kier alpha value is -2.02. The summed E-state index contributed by atoms with van der Waals surface area (Å²) >= 11 is 6.81. The molecule has 0 atom stereocenters. The van der Waals surface area contributed by atoms with E-state index < -0.39 is 0 Å². The molecule has 0 amide bonds. The number of aryl methyl sites for hydroxylation is 1. The van der Waals surface area contributed by atoms with Gasteiger partial charge in [-0.25, -0.2) is 12.2 Å². The van der Waals surface area contributed by atoms with Crippen LogP contribution in [0, 0.1) is 31.2 Å². The molecule has 0 saturated heterocycles. The summed E-state index contributed by atoms with van der Waals surface area (Å²) < 4.78 is 3.34. The molecule has 0 spiro atoms. The van der Waals surface area contributed by atoms with Crippen LogP contribution in [0.1, 0.15) is 75.8 Å². The van der Waals surface area contributed by atoms with Gasteiger partial charge in [0.1, 0.15) is 0 Å². The Kier molecular flexibility index (Phi) is 19.9. The van der Waals surface area contributed by atoms with E-state index in [-0.39, 0.29) is 35.6 Å². The molecule has 4 aromatic rings. The van der Waals surface area contributed by atoms with Crippen molar-refractivity contribution in [1.82, 2.24) is 0 Å². The minimum absolute atomic E-state index is 0. The molecular weight excluding hydrogens is 678 g/mol. The first-order valence-corrected chi connectivity index (χ1v) is 16.4. The Bertz CT molecular complexity index is 1320. The molecule has 0 saturated carbocycles. The predicted molar refractivity (Wildman–Crippen MR) is 194 cm³/mol. The Labute approximate surface area is 300 Å². The van der Waals surface area contributed by atoms with E-state index in [1.165, 1.54) is 63.2 Å². The van der Waals surface area contributed by atoms with Crippen molar-refractivity contribution in [2.24, 2.45) is 0 Å². The second-order valence-electron chi connectivity index (χ2n) is 12.1. The number of rotatable bonds is 0. The van der Waals surface area contributed by atoms with Gasteiger partial charge in [0.25, 0.3) is 0 Å². The first-order chi connectivity index (χ1) is 19.9. The third-order valence-electron chi connectivity index (χ3n) is 6.60. The zero-order valence-electron chi connectivity index (χ0n) is 27.1. The van der Waals surface area contributed by atoms with Crippen molar-refractivity contribution in [2.75, 3.05) is 0 Å². The molecule has 4 heteroatoms. The van der Waals surface area contributed by atoms with Gasteiger partial charge in [-0.1, -0.05) is 77.3 Å². The number of hydrogen-bond acceptors (Lipinski definition) is 0. The normalized spacial score (nSPS) is 11.5. The summed E-state index contributed by atoms with van der Waals surface area (Å²) in [6.45, 7) is 15.7. The molecule has 44 heavy (non-hydrogen) atoms. The van der Waals surface area contributed by atoms with E-state index in [2.05, 4.69) is 113 Å². The number of benzene rings is 4. The first-order valence-electron chi connectivity index (χ1n) is 14.3. The predicted octanol–water partition coefficient (Wildman–Crippen LogP) is 11.7. The summed E-state index contributed by atoms with van der Waals surface area (Å²) in [6.07, 6.45) is 11.0. The molecule has 6 rings (SSSR count). The molecule has 234 valence electrons. The van der Waals surface area contributed by atoms with Gasteiger partial charge in [-0.2, -0.15) is 108 Å². The van der Waals surface area contributed by atoms with Gasteiger partial charge in [-0.15, -0.1) is 42.4 Å². The van der Waals surface area contributed by atoms with E-state index in [9.17, 15) is 0 Å². The molecule has 2 aliphatic rings. The standard InChI is InChI=1S/C21H25.C7H7.C6H4Cl.C5H5.CH2.2ClH.Zr/c1-20(2,3)16-7-9-18-14(12-16)11-15-13-17(21(4,5)6)8-10-19(15)18;1-7-5-3-2-4-6-7;7-6-4-2-1-3-5-6;1-2-4-5-3-1;;;;/h7-10,12H,11H2,1-6H3;3-6H,1H3;1-2,4-5H;1-3H,4H2;1H2;2*1H;/q4*-1;;;;. The number of fused-ring (bicyclic) bond motifs is 3. The second kappa shape index (κ2) is 20.9. The maximum absolute atomic E-state index is 5.51. The summed E-state index contributed by atoms with van der Waals surface area (Å²) in [5.74, 6) is 0. The minimum atomic E-state index is 0. The van der Waals surface area contributed by atoms with Crippen LogP contribution in [0.15, 0.2) is 97.1 Å². The molecule has 0 aliphatic heterocycles. The van der Waals surface area contributed by atoms with Crippen LogP contribution in [0.2, 0.25) is 5.02 Å². The first kappa shape index (κ1) is 42.0. The zero-order valence-corrected chi connectivity index (χ0v) is 31.9. The van der Waals surface area contributed by atoms with E-state index in [1.807, 2.05) is 54.6 Å². The van der Waals surface area contributed by atoms with Crippen molar-refractivity contribution < 1.29 is 24.2 Å². The average molecular weight is 723 g/mol. The molecule has 0 fully saturated rings. The van der Waals surface area contributed by atoms with Crippen molar-refractivity contribution in [2.45, 2.75) is 72.1 Å². The molecule has 0 radical (unpaired) electrons. The fraction of sp³-hybridized carbons (Fsp3) is 0.275. The third-order valence-corrected chi connectivity index (χ3v) is 6.84. The van der Waals surface area contributed by atoms with E-state index >= 15 is 0 Å². The van der Waals surface area contributed by atoms with Gasteiger partial charge in [0.15, 0.2) is 0 Å². The van der Waals surface area contributed by atoms with Crippen LogP contribution in [0.5, 0.6) is 0 Å². The number of hydrogen-bond donors (Lipinski definition) is 0. The molecule has 0 nitrogen and oxygen atoms in total. The van der Waals surface area contributed by atoms with Gasteiger partial charge < -0.3 is 0 Å². The molecule has 0 bridgehead atoms. The van der Waals surface area contributed by atoms with Gasteiger partial charge in [0.05, 0.1) is 0 Å². The van der Waals surface area contributed by atoms with Crippen LogP contribution < -0.4 is 0 Å². The molecule has 0 aromatic heterocycles. The van der Waals surface area contributed by atoms with Crippen molar-refractivity contribution in [3.63, 3.8) is 0 Å². The summed E-state index contributed by atoms with van der Waals surface area (Å²) in [5.41, 5.74) is 10.00. The SMILES string of the molecule is CC(C)(C)c1[c-]c2c(cc1)-c1ccc(C(C)(C)C)cc1C2.Cc1cc[c-]cc1.Cl.Cl.Clc1c[c-]ccc1.[C-]1=CC=CC1.[CH2]=[Zr]. The van der Waals surface area contributed by atoms with Crippen LogP contribution in [-0.2, 0) is 41.5 Å². The fourth-order valence-electron chi connectivity index (χ4n) is 4.21. The van der Waals surface area contributed by atoms with Gasteiger partial charge >= 0.3 is 28.4 Å². The van der Waals surface area contributed by atoms with Crippen LogP contribution in [0.25, 0.3) is 11.1 Å². The van der Waals surface area contributed by atoms with Crippen molar-refractivity contribution >= 4 is 40.6 Å². The number of allylic oxidation sites excluding steroid dienone is 4.